The van der Waals surface area contributed by atoms with Crippen LogP contribution in [0.4, 0.5) is 5.69 Å². The first kappa shape index (κ1) is 11.6. The molecule has 0 spiro atoms. The first-order valence-electron chi connectivity index (χ1n) is 3.96. The van der Waals surface area contributed by atoms with Gasteiger partial charge in [0.05, 0.1) is 18.7 Å². The number of anilines is 1. The number of methoxy groups -OCH3 is 2. The number of esters is 1. The van der Waals surface area contributed by atoms with Gasteiger partial charge < -0.3 is 20.3 Å². The third-order valence-electron chi connectivity index (χ3n) is 1.85. The van der Waals surface area contributed by atoms with Crippen molar-refractivity contribution in [3.8, 4) is 11.5 Å². The summed E-state index contributed by atoms with van der Waals surface area (Å²) in [5.74, 6) is -0.732. The molecule has 1 aromatic rings. The number of nitrogen functional groups attached to an aromatic ring is 1. The number of phenolic OH excluding ortho intramolecular Hbond substituents is 1. The zero-order valence-electron chi connectivity index (χ0n) is 8.20. The number of halogens is 1. The minimum atomic E-state index is -0.664. The van der Waals surface area contributed by atoms with Crippen LogP contribution in [0.15, 0.2) is 10.5 Å². The molecule has 0 heterocycles. The van der Waals surface area contributed by atoms with Gasteiger partial charge in [-0.15, -0.1) is 0 Å². The monoisotopic (exact) mass is 275 g/mol. The second kappa shape index (κ2) is 4.39. The molecule has 0 saturated heterocycles. The Labute approximate surface area is 94.9 Å². The van der Waals surface area contributed by atoms with Gasteiger partial charge in [-0.1, -0.05) is 0 Å². The Morgan fingerprint density at radius 1 is 1.53 bits per heavy atom. The molecule has 0 atom stereocenters. The van der Waals surface area contributed by atoms with Crippen LogP contribution >= 0.6 is 15.9 Å². The van der Waals surface area contributed by atoms with Crippen molar-refractivity contribution in [3.63, 3.8) is 0 Å². The van der Waals surface area contributed by atoms with Crippen molar-refractivity contribution in [1.82, 2.24) is 0 Å². The second-order valence-corrected chi connectivity index (χ2v) is 3.55. The molecule has 0 aliphatic carbocycles. The molecule has 0 aliphatic rings. The number of nitrogens with two attached hydrogens (primary N) is 1. The quantitative estimate of drug-likeness (QED) is 0.486. The number of rotatable bonds is 2. The summed E-state index contributed by atoms with van der Waals surface area (Å²) in [6.45, 7) is 0. The SMILES string of the molecule is COC(=O)c1cc(Br)c(OC)c(N)c1O. The molecule has 0 aromatic heterocycles. The molecule has 0 radical (unpaired) electrons. The van der Waals surface area contributed by atoms with E-state index < -0.39 is 5.97 Å². The summed E-state index contributed by atoms with van der Waals surface area (Å²) in [5.41, 5.74) is 5.56. The molecule has 15 heavy (non-hydrogen) atoms. The zero-order valence-corrected chi connectivity index (χ0v) is 9.79. The standard InChI is InChI=1S/C9H10BrNO4/c1-14-8-5(10)3-4(9(13)15-2)7(12)6(8)11/h3,12H,11H2,1-2H3. The van der Waals surface area contributed by atoms with Crippen LogP contribution in [0.5, 0.6) is 11.5 Å². The highest BCUT2D eigenvalue weighted by molar-refractivity contribution is 9.10. The number of carbonyl (C=O) groups excluding carboxylic acids is 1. The minimum absolute atomic E-state index is 0.00715. The molecule has 82 valence electrons. The molecule has 0 bridgehead atoms. The van der Waals surface area contributed by atoms with E-state index in [9.17, 15) is 9.90 Å². The average molecular weight is 276 g/mol. The Morgan fingerprint density at radius 3 is 2.60 bits per heavy atom. The number of carbonyl (C=O) groups is 1. The summed E-state index contributed by atoms with van der Waals surface area (Å²) < 4.78 is 9.90. The third kappa shape index (κ3) is 1.99. The number of benzene rings is 1. The van der Waals surface area contributed by atoms with Crippen molar-refractivity contribution >= 4 is 27.6 Å². The molecule has 0 fully saturated rings. The van der Waals surface area contributed by atoms with E-state index in [1.54, 1.807) is 0 Å². The molecule has 0 amide bonds. The fourth-order valence-electron chi connectivity index (χ4n) is 1.11. The zero-order chi connectivity index (χ0) is 11.6. The highest BCUT2D eigenvalue weighted by atomic mass is 79.9. The fraction of sp³-hybridized carbons (Fsp3) is 0.222. The summed E-state index contributed by atoms with van der Waals surface area (Å²) in [7, 11) is 2.63. The lowest BCUT2D eigenvalue weighted by Crippen LogP contribution is -2.04. The largest absolute Gasteiger partial charge is 0.505 e. The van der Waals surface area contributed by atoms with Crippen molar-refractivity contribution in [2.24, 2.45) is 0 Å². The molecule has 3 N–H and O–H groups in total. The van der Waals surface area contributed by atoms with Gasteiger partial charge in [-0.05, 0) is 22.0 Å². The molecule has 6 heteroatoms. The van der Waals surface area contributed by atoms with Crippen molar-refractivity contribution in [2.45, 2.75) is 0 Å². The van der Waals surface area contributed by atoms with E-state index >= 15 is 0 Å². The van der Waals surface area contributed by atoms with Crippen molar-refractivity contribution in [1.29, 1.82) is 0 Å². The number of hydrogen-bond donors (Lipinski definition) is 2. The predicted octanol–water partition coefficient (Wildman–Crippen LogP) is 1.53. The second-order valence-electron chi connectivity index (χ2n) is 2.69. The lowest BCUT2D eigenvalue weighted by atomic mass is 10.1. The van der Waals surface area contributed by atoms with Crippen molar-refractivity contribution in [3.05, 3.63) is 16.1 Å². The van der Waals surface area contributed by atoms with Gasteiger partial charge in [0.2, 0.25) is 0 Å². The van der Waals surface area contributed by atoms with Crippen LogP contribution < -0.4 is 10.5 Å². The van der Waals surface area contributed by atoms with E-state index in [2.05, 4.69) is 20.7 Å². The Bertz CT molecular complexity index is 406. The van der Waals surface area contributed by atoms with Crippen molar-refractivity contribution < 1.29 is 19.4 Å². The van der Waals surface area contributed by atoms with E-state index in [-0.39, 0.29) is 22.7 Å². The molecule has 1 aromatic carbocycles. The summed E-state index contributed by atoms with van der Waals surface area (Å²) in [5, 5.41) is 9.61. The molecule has 0 saturated carbocycles. The smallest absolute Gasteiger partial charge is 0.341 e. The summed E-state index contributed by atoms with van der Waals surface area (Å²) >= 11 is 3.17. The number of ether oxygens (including phenoxy) is 2. The van der Waals surface area contributed by atoms with Crippen LogP contribution in [0, 0.1) is 0 Å². The molecular formula is C9H10BrNO4. The Kier molecular flexibility index (Phi) is 3.41. The first-order chi connectivity index (χ1) is 7.02. The van der Waals surface area contributed by atoms with E-state index in [0.29, 0.717) is 4.47 Å². The summed E-state index contributed by atoms with van der Waals surface area (Å²) in [6.07, 6.45) is 0. The van der Waals surface area contributed by atoms with Gasteiger partial charge in [-0.2, -0.15) is 0 Å². The van der Waals surface area contributed by atoms with Crippen LogP contribution in [-0.2, 0) is 4.74 Å². The lowest BCUT2D eigenvalue weighted by Gasteiger charge is -2.11. The van der Waals surface area contributed by atoms with Gasteiger partial charge in [0.15, 0.2) is 11.5 Å². The summed E-state index contributed by atoms with van der Waals surface area (Å²) in [6, 6.07) is 1.39. The number of hydrogen-bond acceptors (Lipinski definition) is 5. The van der Waals surface area contributed by atoms with Gasteiger partial charge in [0, 0.05) is 0 Å². The van der Waals surface area contributed by atoms with Gasteiger partial charge in [0.25, 0.3) is 0 Å². The number of aromatic hydroxyl groups is 1. The van der Waals surface area contributed by atoms with Crippen LogP contribution in [0.25, 0.3) is 0 Å². The lowest BCUT2D eigenvalue weighted by molar-refractivity contribution is 0.0597. The topological polar surface area (TPSA) is 81.8 Å². The normalized spacial score (nSPS) is 9.80. The van der Waals surface area contributed by atoms with Crippen LogP contribution in [0.3, 0.4) is 0 Å². The van der Waals surface area contributed by atoms with E-state index in [1.807, 2.05) is 0 Å². The average Bonchev–Trinajstić information content (AvgIpc) is 2.23. The van der Waals surface area contributed by atoms with Gasteiger partial charge >= 0.3 is 5.97 Å². The Hall–Kier alpha value is -1.43. The molecule has 0 unspecified atom stereocenters. The van der Waals surface area contributed by atoms with Crippen molar-refractivity contribution in [2.75, 3.05) is 20.0 Å². The summed E-state index contributed by atoms with van der Waals surface area (Å²) in [4.78, 5) is 11.2. The highest BCUT2D eigenvalue weighted by Crippen LogP contribution is 2.40. The third-order valence-corrected chi connectivity index (χ3v) is 2.44. The first-order valence-corrected chi connectivity index (χ1v) is 4.75. The van der Waals surface area contributed by atoms with Crippen LogP contribution in [0.2, 0.25) is 0 Å². The Balaban J connectivity index is 3.40. The molecule has 0 aliphatic heterocycles. The maximum Gasteiger partial charge on any atom is 0.341 e. The van der Waals surface area contributed by atoms with Gasteiger partial charge in [-0.3, -0.25) is 0 Å². The van der Waals surface area contributed by atoms with Crippen LogP contribution in [-0.4, -0.2) is 25.3 Å². The van der Waals surface area contributed by atoms with Gasteiger partial charge in [0.1, 0.15) is 11.3 Å². The van der Waals surface area contributed by atoms with E-state index in [4.69, 9.17) is 10.5 Å². The van der Waals surface area contributed by atoms with E-state index in [0.717, 1.165) is 0 Å². The minimum Gasteiger partial charge on any atom is -0.505 e. The Morgan fingerprint density at radius 2 is 2.13 bits per heavy atom. The predicted molar refractivity (Wildman–Crippen MR) is 58.1 cm³/mol. The van der Waals surface area contributed by atoms with E-state index in [1.165, 1.54) is 20.3 Å². The van der Waals surface area contributed by atoms with Gasteiger partial charge in [-0.25, -0.2) is 4.79 Å². The maximum absolute atomic E-state index is 11.2. The molecular weight excluding hydrogens is 266 g/mol. The fourth-order valence-corrected chi connectivity index (χ4v) is 1.72. The number of phenols is 1. The molecule has 5 nitrogen and oxygen atoms in total. The molecule has 1 rings (SSSR count). The van der Waals surface area contributed by atoms with Crippen LogP contribution in [0.1, 0.15) is 10.4 Å². The highest BCUT2D eigenvalue weighted by Gasteiger charge is 2.19. The maximum atomic E-state index is 11.2.